The molecule has 2 N–H and O–H groups in total. The number of halogens is 6. The van der Waals surface area contributed by atoms with E-state index in [-0.39, 0.29) is 35.3 Å². The first-order valence-electron chi connectivity index (χ1n) is 8.75. The first-order chi connectivity index (χ1) is 14.6. The van der Waals surface area contributed by atoms with Crippen LogP contribution < -0.4 is 10.6 Å². The normalized spacial score (nSPS) is 16.2. The maximum atomic E-state index is 12.7. The molecule has 0 saturated carbocycles. The van der Waals surface area contributed by atoms with Crippen molar-refractivity contribution in [2.75, 3.05) is 17.2 Å². The van der Waals surface area contributed by atoms with Gasteiger partial charge in [-0.15, -0.1) is 0 Å². The summed E-state index contributed by atoms with van der Waals surface area (Å²) in [4.78, 5) is 21.1. The van der Waals surface area contributed by atoms with Gasteiger partial charge in [0.15, 0.2) is 6.10 Å². The Morgan fingerprint density at radius 2 is 2.00 bits per heavy atom. The number of hydrogen-bond donors (Lipinski definition) is 2. The van der Waals surface area contributed by atoms with Crippen LogP contribution in [0.25, 0.3) is 0 Å². The minimum atomic E-state index is -4.53. The molecule has 0 aliphatic carbocycles. The van der Waals surface area contributed by atoms with Crippen molar-refractivity contribution in [1.29, 1.82) is 0 Å². The summed E-state index contributed by atoms with van der Waals surface area (Å²) in [6.07, 6.45) is -1.47. The number of alkyl halides is 3. The summed E-state index contributed by atoms with van der Waals surface area (Å²) in [6, 6.07) is 5.65. The fraction of sp³-hybridized carbons (Fsp3) is 0.211. The minimum Gasteiger partial charge on any atom is -0.390 e. The second-order valence-electron chi connectivity index (χ2n) is 6.37. The van der Waals surface area contributed by atoms with Crippen LogP contribution in [0.5, 0.6) is 0 Å². The van der Waals surface area contributed by atoms with E-state index < -0.39 is 17.8 Å². The fourth-order valence-corrected chi connectivity index (χ4v) is 3.22. The number of pyridine rings is 1. The number of ketones is 1. The number of benzene rings is 1. The van der Waals surface area contributed by atoms with Crippen LogP contribution in [0.2, 0.25) is 15.1 Å². The second-order valence-corrected chi connectivity index (χ2v) is 7.62. The van der Waals surface area contributed by atoms with Gasteiger partial charge >= 0.3 is 6.18 Å². The zero-order valence-electron chi connectivity index (χ0n) is 15.5. The summed E-state index contributed by atoms with van der Waals surface area (Å²) in [5.74, 6) is -0.298. The maximum Gasteiger partial charge on any atom is 0.417 e. The third-order valence-electron chi connectivity index (χ3n) is 4.09. The lowest BCUT2D eigenvalue weighted by atomic mass is 10.1. The molecule has 0 amide bonds. The van der Waals surface area contributed by atoms with Crippen molar-refractivity contribution in [3.63, 3.8) is 0 Å². The van der Waals surface area contributed by atoms with E-state index in [0.29, 0.717) is 21.9 Å². The van der Waals surface area contributed by atoms with Crippen molar-refractivity contribution in [1.82, 2.24) is 4.98 Å². The third-order valence-corrected chi connectivity index (χ3v) is 4.92. The predicted octanol–water partition coefficient (Wildman–Crippen LogP) is 5.81. The first kappa shape index (κ1) is 23.2. The molecule has 0 bridgehead atoms. The Bertz CT molecular complexity index is 1040. The van der Waals surface area contributed by atoms with Gasteiger partial charge < -0.3 is 15.5 Å². The Kier molecular flexibility index (Phi) is 7.30. The smallest absolute Gasteiger partial charge is 0.390 e. The Morgan fingerprint density at radius 3 is 2.68 bits per heavy atom. The molecular weight excluding hydrogens is 480 g/mol. The molecular formula is C19H14Cl3F3N4O2. The molecule has 0 spiro atoms. The number of nitrogens with one attached hydrogen (secondary N) is 2. The quantitative estimate of drug-likeness (QED) is 0.476. The number of hydrogen-bond acceptors (Lipinski definition) is 6. The maximum absolute atomic E-state index is 12.7. The zero-order valence-corrected chi connectivity index (χ0v) is 17.8. The minimum absolute atomic E-state index is 0.0713. The standard InChI is InChI=1S/C19H14Cl3F3N4O2/c20-11-1-2-15(13(21)6-11)26-4-3-17(30)16-7-12(31-29-16)9-28-18-14(22)5-10(8-27-18)19(23,24)25/h1-6,8,12,26H,7,9H2,(H,27,28)/b4-3+. The highest BCUT2D eigenvalue weighted by atomic mass is 35.5. The number of allylic oxidation sites excluding steroid dienone is 1. The molecule has 6 nitrogen and oxygen atoms in total. The van der Waals surface area contributed by atoms with E-state index in [1.807, 2.05) is 0 Å². The van der Waals surface area contributed by atoms with Gasteiger partial charge in [-0.2, -0.15) is 13.2 Å². The molecule has 1 atom stereocenters. The van der Waals surface area contributed by atoms with Gasteiger partial charge in [-0.1, -0.05) is 40.0 Å². The lowest BCUT2D eigenvalue weighted by molar-refractivity contribution is -0.137. The molecule has 31 heavy (non-hydrogen) atoms. The topological polar surface area (TPSA) is 75.6 Å². The summed E-state index contributed by atoms with van der Waals surface area (Å²) in [5, 5.41) is 10.1. The molecule has 0 fully saturated rings. The van der Waals surface area contributed by atoms with Crippen LogP contribution in [0.1, 0.15) is 12.0 Å². The van der Waals surface area contributed by atoms with Crippen molar-refractivity contribution in [3.05, 3.63) is 63.4 Å². The molecule has 1 aliphatic rings. The van der Waals surface area contributed by atoms with E-state index >= 15 is 0 Å². The number of aromatic nitrogens is 1. The Hall–Kier alpha value is -2.49. The zero-order chi connectivity index (χ0) is 22.6. The van der Waals surface area contributed by atoms with E-state index in [2.05, 4.69) is 20.8 Å². The number of carbonyl (C=O) groups is 1. The van der Waals surface area contributed by atoms with E-state index in [1.54, 1.807) is 18.2 Å². The van der Waals surface area contributed by atoms with Crippen molar-refractivity contribution >= 4 is 57.8 Å². The van der Waals surface area contributed by atoms with Crippen molar-refractivity contribution < 1.29 is 22.8 Å². The molecule has 1 aliphatic heterocycles. The van der Waals surface area contributed by atoms with Crippen LogP contribution in [0.3, 0.4) is 0 Å². The lowest BCUT2D eigenvalue weighted by Gasteiger charge is -2.13. The lowest BCUT2D eigenvalue weighted by Crippen LogP contribution is -2.22. The second kappa shape index (κ2) is 9.76. The molecule has 164 valence electrons. The fourth-order valence-electron chi connectivity index (χ4n) is 2.53. The van der Waals surface area contributed by atoms with Crippen LogP contribution in [-0.2, 0) is 15.8 Å². The van der Waals surface area contributed by atoms with E-state index in [1.165, 1.54) is 12.3 Å². The van der Waals surface area contributed by atoms with Gasteiger partial charge in [0, 0.05) is 29.9 Å². The van der Waals surface area contributed by atoms with Gasteiger partial charge in [-0.3, -0.25) is 4.79 Å². The summed E-state index contributed by atoms with van der Waals surface area (Å²) in [7, 11) is 0. The van der Waals surface area contributed by atoms with Gasteiger partial charge in [0.05, 0.1) is 27.8 Å². The molecule has 0 saturated heterocycles. The van der Waals surface area contributed by atoms with Crippen LogP contribution in [0, 0.1) is 0 Å². The number of nitrogens with zero attached hydrogens (tertiary/aromatic N) is 2. The van der Waals surface area contributed by atoms with Crippen molar-refractivity contribution in [3.8, 4) is 0 Å². The summed E-state index contributed by atoms with van der Waals surface area (Å²) >= 11 is 17.7. The predicted molar refractivity (Wildman–Crippen MR) is 114 cm³/mol. The Balaban J connectivity index is 1.49. The Morgan fingerprint density at radius 1 is 1.23 bits per heavy atom. The van der Waals surface area contributed by atoms with Gasteiger partial charge in [-0.05, 0) is 24.3 Å². The summed E-state index contributed by atoms with van der Waals surface area (Å²) in [6.45, 7) is 0.140. The van der Waals surface area contributed by atoms with Crippen molar-refractivity contribution in [2.45, 2.75) is 18.7 Å². The van der Waals surface area contributed by atoms with Gasteiger partial charge in [0.2, 0.25) is 5.78 Å². The van der Waals surface area contributed by atoms with E-state index in [9.17, 15) is 18.0 Å². The number of oxime groups is 1. The number of rotatable bonds is 7. The molecule has 0 radical (unpaired) electrons. The molecule has 12 heteroatoms. The first-order valence-corrected chi connectivity index (χ1v) is 9.88. The molecule has 1 unspecified atom stereocenters. The van der Waals surface area contributed by atoms with Gasteiger partial charge in [0.1, 0.15) is 11.5 Å². The SMILES string of the molecule is O=C(/C=C/Nc1ccc(Cl)cc1Cl)C1=NOC(CNc2ncc(C(F)(F)F)cc2Cl)C1. The van der Waals surface area contributed by atoms with Gasteiger partial charge in [0.25, 0.3) is 0 Å². The summed E-state index contributed by atoms with van der Waals surface area (Å²) in [5.41, 5.74) is -0.182. The third kappa shape index (κ3) is 6.25. The van der Waals surface area contributed by atoms with Crippen LogP contribution in [0.15, 0.2) is 47.9 Å². The highest BCUT2D eigenvalue weighted by Gasteiger charge is 2.32. The number of anilines is 2. The van der Waals surface area contributed by atoms with Crippen LogP contribution in [-0.4, -0.2) is 29.1 Å². The number of carbonyl (C=O) groups excluding carboxylic acids is 1. The average molecular weight is 494 g/mol. The largest absolute Gasteiger partial charge is 0.417 e. The van der Waals surface area contributed by atoms with E-state index in [4.69, 9.17) is 39.6 Å². The molecule has 2 aromatic rings. The van der Waals surface area contributed by atoms with Crippen molar-refractivity contribution in [2.24, 2.45) is 5.16 Å². The molecule has 3 rings (SSSR count). The average Bonchev–Trinajstić information content (AvgIpc) is 3.17. The Labute approximate surface area is 190 Å². The monoisotopic (exact) mass is 492 g/mol. The van der Waals surface area contributed by atoms with Crippen LogP contribution in [0.4, 0.5) is 24.7 Å². The van der Waals surface area contributed by atoms with E-state index in [0.717, 1.165) is 6.07 Å². The van der Waals surface area contributed by atoms with Crippen LogP contribution >= 0.6 is 34.8 Å². The highest BCUT2D eigenvalue weighted by molar-refractivity contribution is 6.44. The highest BCUT2D eigenvalue weighted by Crippen LogP contribution is 2.32. The molecule has 1 aromatic carbocycles. The molecule has 2 heterocycles. The molecule has 1 aromatic heterocycles. The summed E-state index contributed by atoms with van der Waals surface area (Å²) < 4.78 is 38.0. The van der Waals surface area contributed by atoms with Gasteiger partial charge in [-0.25, -0.2) is 4.98 Å².